The van der Waals surface area contributed by atoms with Crippen LogP contribution >= 0.6 is 0 Å². The van der Waals surface area contributed by atoms with Gasteiger partial charge in [0.1, 0.15) is 0 Å². The molecule has 0 atom stereocenters. The number of anilines is 1. The maximum absolute atomic E-state index is 12.5. The van der Waals surface area contributed by atoms with Gasteiger partial charge in [-0.3, -0.25) is 24.6 Å². The van der Waals surface area contributed by atoms with E-state index in [4.69, 9.17) is 0 Å². The van der Waals surface area contributed by atoms with Gasteiger partial charge in [0.2, 0.25) is 0 Å². The van der Waals surface area contributed by atoms with Crippen molar-refractivity contribution in [3.8, 4) is 0 Å². The van der Waals surface area contributed by atoms with E-state index in [9.17, 15) is 19.7 Å². The zero-order valence-corrected chi connectivity index (χ0v) is 13.9. The molecule has 0 fully saturated rings. The van der Waals surface area contributed by atoms with Gasteiger partial charge in [-0.15, -0.1) is 0 Å². The first kappa shape index (κ1) is 16.6. The minimum absolute atomic E-state index is 0.00625. The molecule has 0 saturated carbocycles. The lowest BCUT2D eigenvalue weighted by atomic mass is 10.1. The van der Waals surface area contributed by atoms with E-state index in [0.29, 0.717) is 23.2 Å². The molecule has 0 bridgehead atoms. The van der Waals surface area contributed by atoms with Crippen molar-refractivity contribution >= 4 is 23.2 Å². The van der Waals surface area contributed by atoms with E-state index in [0.717, 1.165) is 10.6 Å². The largest absolute Gasteiger partial charge is 0.375 e. The molecule has 1 aliphatic heterocycles. The number of carbonyl (C=O) groups is 2. The van der Waals surface area contributed by atoms with Crippen LogP contribution in [0.1, 0.15) is 33.2 Å². The van der Waals surface area contributed by atoms with Crippen molar-refractivity contribution in [1.29, 1.82) is 0 Å². The van der Waals surface area contributed by atoms with Crippen molar-refractivity contribution in [2.24, 2.45) is 0 Å². The molecule has 25 heavy (non-hydrogen) atoms. The van der Waals surface area contributed by atoms with Gasteiger partial charge in [0.15, 0.2) is 0 Å². The Bertz CT molecular complexity index is 843. The van der Waals surface area contributed by atoms with Crippen molar-refractivity contribution < 1.29 is 14.5 Å². The van der Waals surface area contributed by atoms with Crippen molar-refractivity contribution in [3.63, 3.8) is 0 Å². The second-order valence-electron chi connectivity index (χ2n) is 5.83. The lowest BCUT2D eigenvalue weighted by Gasteiger charge is -2.23. The first-order chi connectivity index (χ1) is 11.9. The summed E-state index contributed by atoms with van der Waals surface area (Å²) in [7, 11) is 1.85. The highest BCUT2D eigenvalue weighted by Crippen LogP contribution is 2.30. The molecule has 7 heteroatoms. The number of carbonyl (C=O) groups excluding carboxylic acids is 2. The molecular formula is C18H17N3O4. The van der Waals surface area contributed by atoms with Gasteiger partial charge in [-0.2, -0.15) is 0 Å². The highest BCUT2D eigenvalue weighted by molar-refractivity contribution is 6.21. The third-order valence-electron chi connectivity index (χ3n) is 4.37. The minimum Gasteiger partial charge on any atom is -0.375 e. The predicted molar refractivity (Wildman–Crippen MR) is 92.7 cm³/mol. The fraction of sp³-hybridized carbons (Fsp3) is 0.222. The number of rotatable bonds is 5. The Labute approximate surface area is 144 Å². The van der Waals surface area contributed by atoms with Crippen LogP contribution in [0.2, 0.25) is 0 Å². The molecule has 2 aromatic rings. The number of benzene rings is 2. The van der Waals surface area contributed by atoms with Crippen LogP contribution in [0, 0.1) is 10.1 Å². The maximum Gasteiger partial charge on any atom is 0.269 e. The SMILES string of the molecule is CCN(C)c1ccc([N+](=O)[O-])cc1CN1C(=O)c2ccccc2C1=O. The zero-order chi connectivity index (χ0) is 18.1. The van der Waals surface area contributed by atoms with E-state index in [-0.39, 0.29) is 24.0 Å². The lowest BCUT2D eigenvalue weighted by Crippen LogP contribution is -2.30. The second kappa shape index (κ2) is 6.35. The Hall–Kier alpha value is -3.22. The van der Waals surface area contributed by atoms with E-state index in [1.807, 2.05) is 18.9 Å². The number of nitrogens with zero attached hydrogens (tertiary/aromatic N) is 3. The topological polar surface area (TPSA) is 83.8 Å². The van der Waals surface area contributed by atoms with Gasteiger partial charge in [-0.1, -0.05) is 12.1 Å². The lowest BCUT2D eigenvalue weighted by molar-refractivity contribution is -0.384. The molecule has 2 amide bonds. The minimum atomic E-state index is -0.485. The van der Waals surface area contributed by atoms with Gasteiger partial charge in [0, 0.05) is 37.0 Å². The standard InChI is InChI=1S/C18H17N3O4/c1-3-19(2)16-9-8-13(21(24)25)10-12(16)11-20-17(22)14-6-4-5-7-15(14)18(20)23/h4-10H,3,11H2,1-2H3. The fourth-order valence-electron chi connectivity index (χ4n) is 2.91. The van der Waals surface area contributed by atoms with Crippen LogP contribution in [0.15, 0.2) is 42.5 Å². The molecule has 0 spiro atoms. The molecule has 1 heterocycles. The Kier molecular flexibility index (Phi) is 4.22. The maximum atomic E-state index is 12.5. The quantitative estimate of drug-likeness (QED) is 0.475. The summed E-state index contributed by atoms with van der Waals surface area (Å²) >= 11 is 0. The van der Waals surface area contributed by atoms with Crippen molar-refractivity contribution in [2.45, 2.75) is 13.5 Å². The summed E-state index contributed by atoms with van der Waals surface area (Å²) < 4.78 is 0. The molecule has 0 aromatic heterocycles. The van der Waals surface area contributed by atoms with Gasteiger partial charge in [-0.05, 0) is 25.1 Å². The number of hydrogen-bond donors (Lipinski definition) is 0. The smallest absolute Gasteiger partial charge is 0.269 e. The Balaban J connectivity index is 2.00. The number of imide groups is 1. The summed E-state index contributed by atoms with van der Waals surface area (Å²) in [6.45, 7) is 2.63. The molecule has 3 rings (SSSR count). The summed E-state index contributed by atoms with van der Waals surface area (Å²) in [5, 5.41) is 11.1. The van der Waals surface area contributed by atoms with Crippen LogP contribution in [-0.4, -0.2) is 35.2 Å². The summed E-state index contributed by atoms with van der Waals surface area (Å²) in [6.07, 6.45) is 0. The van der Waals surface area contributed by atoms with Crippen LogP contribution in [0.25, 0.3) is 0 Å². The third kappa shape index (κ3) is 2.84. The zero-order valence-electron chi connectivity index (χ0n) is 13.9. The van der Waals surface area contributed by atoms with Gasteiger partial charge < -0.3 is 4.90 Å². The monoisotopic (exact) mass is 339 g/mol. The fourth-order valence-corrected chi connectivity index (χ4v) is 2.91. The summed E-state index contributed by atoms with van der Waals surface area (Å²) in [5.74, 6) is -0.755. The van der Waals surface area contributed by atoms with E-state index in [1.165, 1.54) is 12.1 Å². The molecule has 2 aromatic carbocycles. The predicted octanol–water partition coefficient (Wildman–Crippen LogP) is 2.85. The number of nitro groups is 1. The number of fused-ring (bicyclic) bond motifs is 1. The van der Waals surface area contributed by atoms with Crippen molar-refractivity contribution in [1.82, 2.24) is 4.90 Å². The molecule has 0 unspecified atom stereocenters. The number of nitro benzene ring substituents is 1. The number of non-ortho nitro benzene ring substituents is 1. The van der Waals surface area contributed by atoms with E-state index in [1.54, 1.807) is 30.3 Å². The van der Waals surface area contributed by atoms with Crippen LogP contribution in [0.5, 0.6) is 0 Å². The number of hydrogen-bond acceptors (Lipinski definition) is 5. The highest BCUT2D eigenvalue weighted by Gasteiger charge is 2.35. The Morgan fingerprint density at radius 1 is 1.08 bits per heavy atom. The van der Waals surface area contributed by atoms with Gasteiger partial charge in [0.25, 0.3) is 17.5 Å². The molecule has 1 aliphatic rings. The number of amides is 2. The van der Waals surface area contributed by atoms with E-state index >= 15 is 0 Å². The van der Waals surface area contributed by atoms with Gasteiger partial charge in [-0.25, -0.2) is 0 Å². The summed E-state index contributed by atoms with van der Waals surface area (Å²) in [4.78, 5) is 38.7. The molecule has 0 radical (unpaired) electrons. The molecule has 128 valence electrons. The molecule has 7 nitrogen and oxygen atoms in total. The van der Waals surface area contributed by atoms with Crippen LogP contribution < -0.4 is 4.90 Å². The Morgan fingerprint density at radius 2 is 1.68 bits per heavy atom. The van der Waals surface area contributed by atoms with Gasteiger partial charge in [0.05, 0.1) is 22.6 Å². The average Bonchev–Trinajstić information content (AvgIpc) is 2.86. The molecular weight excluding hydrogens is 322 g/mol. The first-order valence-corrected chi connectivity index (χ1v) is 7.87. The van der Waals surface area contributed by atoms with Crippen LogP contribution in [0.3, 0.4) is 0 Å². The molecule has 0 aliphatic carbocycles. The van der Waals surface area contributed by atoms with Gasteiger partial charge >= 0.3 is 0 Å². The normalized spacial score (nSPS) is 13.1. The summed E-state index contributed by atoms with van der Waals surface area (Å²) in [6, 6.07) is 11.1. The third-order valence-corrected chi connectivity index (χ3v) is 4.37. The second-order valence-corrected chi connectivity index (χ2v) is 5.83. The summed E-state index contributed by atoms with van der Waals surface area (Å²) in [5.41, 5.74) is 1.98. The van der Waals surface area contributed by atoms with E-state index < -0.39 is 4.92 Å². The van der Waals surface area contributed by atoms with E-state index in [2.05, 4.69) is 0 Å². The van der Waals surface area contributed by atoms with Crippen molar-refractivity contribution in [3.05, 3.63) is 69.3 Å². The Morgan fingerprint density at radius 3 is 2.20 bits per heavy atom. The van der Waals surface area contributed by atoms with Crippen LogP contribution in [-0.2, 0) is 6.54 Å². The van der Waals surface area contributed by atoms with Crippen molar-refractivity contribution in [2.75, 3.05) is 18.5 Å². The average molecular weight is 339 g/mol. The highest BCUT2D eigenvalue weighted by atomic mass is 16.6. The molecule has 0 saturated heterocycles. The van der Waals surface area contributed by atoms with Crippen LogP contribution in [0.4, 0.5) is 11.4 Å². The molecule has 0 N–H and O–H groups in total. The first-order valence-electron chi connectivity index (χ1n) is 7.87.